The molecule has 1 fully saturated rings. The van der Waals surface area contributed by atoms with Crippen LogP contribution in [0.25, 0.3) is 0 Å². The molecule has 1 aromatic carbocycles. The van der Waals surface area contributed by atoms with Crippen molar-refractivity contribution < 1.29 is 19.1 Å². The van der Waals surface area contributed by atoms with Crippen molar-refractivity contribution in [2.24, 2.45) is 0 Å². The fourth-order valence-electron chi connectivity index (χ4n) is 3.48. The summed E-state index contributed by atoms with van der Waals surface area (Å²) in [5.41, 5.74) is 0.745. The van der Waals surface area contributed by atoms with Crippen molar-refractivity contribution in [3.63, 3.8) is 0 Å². The summed E-state index contributed by atoms with van der Waals surface area (Å²) in [6, 6.07) is 10.5. The third-order valence-corrected chi connectivity index (χ3v) is 4.75. The number of likely N-dealkylation sites (tertiary alicyclic amines) is 1. The van der Waals surface area contributed by atoms with Crippen LogP contribution in [0.3, 0.4) is 0 Å². The first-order valence-electron chi connectivity index (χ1n) is 8.73. The number of amides is 1. The van der Waals surface area contributed by atoms with Crippen LogP contribution in [0, 0.1) is 6.92 Å². The van der Waals surface area contributed by atoms with E-state index in [1.165, 1.54) is 0 Å². The second-order valence-corrected chi connectivity index (χ2v) is 6.54. The highest BCUT2D eigenvalue weighted by Gasteiger charge is 2.29. The molecule has 5 heteroatoms. The Kier molecular flexibility index (Phi) is 5.22. The largest absolute Gasteiger partial charge is 0.478 e. The Labute approximate surface area is 147 Å². The lowest BCUT2D eigenvalue weighted by molar-refractivity contribution is -0.133. The van der Waals surface area contributed by atoms with Crippen molar-refractivity contribution in [3.05, 3.63) is 59.0 Å². The molecule has 0 bridgehead atoms. The summed E-state index contributed by atoms with van der Waals surface area (Å²) >= 11 is 0. The van der Waals surface area contributed by atoms with Gasteiger partial charge in [-0.2, -0.15) is 0 Å². The molecule has 25 heavy (non-hydrogen) atoms. The lowest BCUT2D eigenvalue weighted by Gasteiger charge is -2.29. The first-order valence-corrected chi connectivity index (χ1v) is 8.73. The highest BCUT2D eigenvalue weighted by atomic mass is 16.4. The Bertz CT molecular complexity index is 765. The lowest BCUT2D eigenvalue weighted by Crippen LogP contribution is -2.36. The van der Waals surface area contributed by atoms with Gasteiger partial charge in [-0.1, -0.05) is 31.0 Å². The first-order chi connectivity index (χ1) is 12.1. The predicted molar refractivity (Wildman–Crippen MR) is 93.5 cm³/mol. The zero-order chi connectivity index (χ0) is 17.8. The van der Waals surface area contributed by atoms with Crippen LogP contribution >= 0.6 is 0 Å². The summed E-state index contributed by atoms with van der Waals surface area (Å²) in [7, 11) is 0. The molecule has 1 unspecified atom stereocenters. The van der Waals surface area contributed by atoms with Gasteiger partial charge in [0.2, 0.25) is 5.91 Å². The van der Waals surface area contributed by atoms with Crippen LogP contribution in [-0.4, -0.2) is 28.4 Å². The van der Waals surface area contributed by atoms with Gasteiger partial charge in [0.15, 0.2) is 0 Å². The van der Waals surface area contributed by atoms with Crippen molar-refractivity contribution in [2.75, 3.05) is 6.54 Å². The Balaban J connectivity index is 1.84. The van der Waals surface area contributed by atoms with Gasteiger partial charge in [0.1, 0.15) is 11.5 Å². The van der Waals surface area contributed by atoms with Gasteiger partial charge in [0, 0.05) is 6.54 Å². The molecule has 0 aliphatic carbocycles. The van der Waals surface area contributed by atoms with E-state index in [1.807, 2.05) is 24.0 Å². The van der Waals surface area contributed by atoms with Crippen LogP contribution < -0.4 is 0 Å². The molecule has 1 saturated heterocycles. The molecular formula is C20H23NO4. The minimum atomic E-state index is -1.00. The smallest absolute Gasteiger partial charge is 0.335 e. The van der Waals surface area contributed by atoms with Crippen LogP contribution in [0.2, 0.25) is 0 Å². The number of carbonyl (C=O) groups is 2. The molecule has 1 aromatic heterocycles. The molecular weight excluding hydrogens is 318 g/mol. The van der Waals surface area contributed by atoms with Crippen LogP contribution in [0.5, 0.6) is 0 Å². The molecule has 1 N–H and O–H groups in total. The average molecular weight is 341 g/mol. The van der Waals surface area contributed by atoms with Crippen LogP contribution in [-0.2, 0) is 11.2 Å². The number of carboxylic acid groups (broad SMARTS) is 1. The summed E-state index contributed by atoms with van der Waals surface area (Å²) in [5.74, 6) is 0.606. The zero-order valence-electron chi connectivity index (χ0n) is 14.4. The minimum Gasteiger partial charge on any atom is -0.478 e. The molecule has 3 rings (SSSR count). The normalized spacial score (nSPS) is 18.0. The molecule has 2 aromatic rings. The van der Waals surface area contributed by atoms with E-state index in [1.54, 1.807) is 24.3 Å². The number of aryl methyl sites for hydroxylation is 1. The van der Waals surface area contributed by atoms with E-state index in [0.717, 1.165) is 37.2 Å². The monoisotopic (exact) mass is 341 g/mol. The topological polar surface area (TPSA) is 70.8 Å². The average Bonchev–Trinajstić information content (AvgIpc) is 2.87. The number of benzene rings is 1. The number of hydrogen-bond donors (Lipinski definition) is 1. The van der Waals surface area contributed by atoms with E-state index in [0.29, 0.717) is 12.1 Å². The Morgan fingerprint density at radius 2 is 1.96 bits per heavy atom. The van der Waals surface area contributed by atoms with Crippen LogP contribution in [0.15, 0.2) is 40.8 Å². The molecule has 1 aliphatic rings. The van der Waals surface area contributed by atoms with E-state index < -0.39 is 5.97 Å². The Morgan fingerprint density at radius 3 is 2.68 bits per heavy atom. The SMILES string of the molecule is Cc1ccc(C2CCCCCN2C(=O)Cc2ccccc2C(=O)O)o1. The van der Waals surface area contributed by atoms with Gasteiger partial charge in [0.25, 0.3) is 0 Å². The molecule has 1 amide bonds. The molecule has 1 aliphatic heterocycles. The lowest BCUT2D eigenvalue weighted by atomic mass is 10.0. The number of aromatic carboxylic acids is 1. The second-order valence-electron chi connectivity index (χ2n) is 6.54. The molecule has 2 heterocycles. The van der Waals surface area contributed by atoms with E-state index in [2.05, 4.69) is 0 Å². The summed E-state index contributed by atoms with van der Waals surface area (Å²) < 4.78 is 5.78. The van der Waals surface area contributed by atoms with Gasteiger partial charge in [-0.25, -0.2) is 4.79 Å². The number of furan rings is 1. The van der Waals surface area contributed by atoms with Gasteiger partial charge in [-0.05, 0) is 43.5 Å². The van der Waals surface area contributed by atoms with Gasteiger partial charge in [-0.15, -0.1) is 0 Å². The number of nitrogens with zero attached hydrogens (tertiary/aromatic N) is 1. The van der Waals surface area contributed by atoms with Gasteiger partial charge in [-0.3, -0.25) is 4.79 Å². The van der Waals surface area contributed by atoms with Gasteiger partial charge >= 0.3 is 5.97 Å². The summed E-state index contributed by atoms with van der Waals surface area (Å²) in [6.07, 6.45) is 4.08. The molecule has 5 nitrogen and oxygen atoms in total. The van der Waals surface area contributed by atoms with Gasteiger partial charge in [0.05, 0.1) is 18.0 Å². The maximum atomic E-state index is 13.0. The zero-order valence-corrected chi connectivity index (χ0v) is 14.4. The highest BCUT2D eigenvalue weighted by Crippen LogP contribution is 2.32. The predicted octanol–water partition coefficient (Wildman–Crippen LogP) is 3.97. The molecule has 0 spiro atoms. The van der Waals surface area contributed by atoms with Crippen LogP contribution in [0.1, 0.15) is 59.2 Å². The summed E-state index contributed by atoms with van der Waals surface area (Å²) in [4.78, 5) is 26.2. The molecule has 1 atom stereocenters. The van der Waals surface area contributed by atoms with Crippen molar-refractivity contribution in [1.29, 1.82) is 0 Å². The Morgan fingerprint density at radius 1 is 1.16 bits per heavy atom. The number of carboxylic acids is 1. The first kappa shape index (κ1) is 17.3. The standard InChI is InChI=1S/C20H23NO4/c1-14-10-11-18(25-14)17-9-3-2-6-12-21(17)19(22)13-15-7-4-5-8-16(15)20(23)24/h4-5,7-8,10-11,17H,2-3,6,9,12-13H2,1H3,(H,23,24). The Hall–Kier alpha value is -2.56. The molecule has 0 saturated carbocycles. The minimum absolute atomic E-state index is 0.0466. The fraction of sp³-hybridized carbons (Fsp3) is 0.400. The summed E-state index contributed by atoms with van der Waals surface area (Å²) in [5, 5.41) is 9.33. The van der Waals surface area contributed by atoms with Gasteiger partial charge < -0.3 is 14.4 Å². The van der Waals surface area contributed by atoms with Crippen molar-refractivity contribution in [3.8, 4) is 0 Å². The van der Waals surface area contributed by atoms with E-state index in [9.17, 15) is 14.7 Å². The van der Waals surface area contributed by atoms with Crippen molar-refractivity contribution in [2.45, 2.75) is 45.1 Å². The molecule has 0 radical (unpaired) electrons. The van der Waals surface area contributed by atoms with Crippen molar-refractivity contribution in [1.82, 2.24) is 4.90 Å². The number of carbonyl (C=O) groups excluding carboxylic acids is 1. The third-order valence-electron chi connectivity index (χ3n) is 4.75. The van der Waals surface area contributed by atoms with Crippen molar-refractivity contribution >= 4 is 11.9 Å². The number of rotatable bonds is 4. The van der Waals surface area contributed by atoms with E-state index in [4.69, 9.17) is 4.42 Å². The second kappa shape index (κ2) is 7.55. The quantitative estimate of drug-likeness (QED) is 0.913. The molecule has 132 valence electrons. The summed E-state index contributed by atoms with van der Waals surface area (Å²) in [6.45, 7) is 2.58. The van der Waals surface area contributed by atoms with E-state index in [-0.39, 0.29) is 23.9 Å². The third kappa shape index (κ3) is 3.92. The number of hydrogen-bond acceptors (Lipinski definition) is 3. The maximum Gasteiger partial charge on any atom is 0.335 e. The highest BCUT2D eigenvalue weighted by molar-refractivity contribution is 5.91. The van der Waals surface area contributed by atoms with E-state index >= 15 is 0 Å². The van der Waals surface area contributed by atoms with Crippen LogP contribution in [0.4, 0.5) is 0 Å². The fourth-order valence-corrected chi connectivity index (χ4v) is 3.48. The maximum absolute atomic E-state index is 13.0.